The standard InChI is InChI=1S/C13H17NO/c1-10(9-11(2)15)14-12(3)13-7-5-4-6-8-13/h4-9,12,14H,1-3H3/b10-9+/t12-/m0/s1. The van der Waals surface area contributed by atoms with Gasteiger partial charge in [-0.2, -0.15) is 0 Å². The van der Waals surface area contributed by atoms with E-state index < -0.39 is 0 Å². The van der Waals surface area contributed by atoms with Crippen LogP contribution in [0, 0.1) is 0 Å². The SMILES string of the molecule is CC(=O)/C=C(\C)N[C@@H](C)c1ccccc1. The van der Waals surface area contributed by atoms with Crippen molar-refractivity contribution < 1.29 is 4.79 Å². The van der Waals surface area contributed by atoms with E-state index in [-0.39, 0.29) is 11.8 Å². The topological polar surface area (TPSA) is 29.1 Å². The Morgan fingerprint density at radius 2 is 1.87 bits per heavy atom. The van der Waals surface area contributed by atoms with Crippen molar-refractivity contribution in [3.05, 3.63) is 47.7 Å². The fraction of sp³-hybridized carbons (Fsp3) is 0.308. The van der Waals surface area contributed by atoms with Crippen LogP contribution in [0.2, 0.25) is 0 Å². The molecule has 0 bridgehead atoms. The first kappa shape index (κ1) is 11.5. The molecule has 1 N–H and O–H groups in total. The smallest absolute Gasteiger partial charge is 0.154 e. The van der Waals surface area contributed by atoms with Crippen LogP contribution in [0.1, 0.15) is 32.4 Å². The predicted molar refractivity (Wildman–Crippen MR) is 62.4 cm³/mol. The summed E-state index contributed by atoms with van der Waals surface area (Å²) >= 11 is 0. The monoisotopic (exact) mass is 203 g/mol. The largest absolute Gasteiger partial charge is 0.382 e. The Kier molecular flexibility index (Phi) is 4.10. The van der Waals surface area contributed by atoms with E-state index in [0.29, 0.717) is 0 Å². The summed E-state index contributed by atoms with van der Waals surface area (Å²) in [7, 11) is 0. The van der Waals surface area contributed by atoms with Crippen molar-refractivity contribution in [1.82, 2.24) is 5.32 Å². The van der Waals surface area contributed by atoms with Gasteiger partial charge in [0.25, 0.3) is 0 Å². The van der Waals surface area contributed by atoms with Crippen LogP contribution in [-0.2, 0) is 4.79 Å². The molecule has 2 heteroatoms. The molecule has 0 saturated heterocycles. The molecular formula is C13H17NO. The van der Waals surface area contributed by atoms with Crippen molar-refractivity contribution in [3.8, 4) is 0 Å². The minimum Gasteiger partial charge on any atom is -0.382 e. The van der Waals surface area contributed by atoms with Crippen LogP contribution in [0.5, 0.6) is 0 Å². The molecule has 0 heterocycles. The van der Waals surface area contributed by atoms with Crippen molar-refractivity contribution in [1.29, 1.82) is 0 Å². The molecule has 1 aromatic rings. The fourth-order valence-electron chi connectivity index (χ4n) is 1.51. The third kappa shape index (κ3) is 3.98. The van der Waals surface area contributed by atoms with Gasteiger partial charge < -0.3 is 5.32 Å². The van der Waals surface area contributed by atoms with Gasteiger partial charge in [-0.05, 0) is 32.4 Å². The second kappa shape index (κ2) is 5.35. The molecule has 0 spiro atoms. The Morgan fingerprint density at radius 3 is 2.40 bits per heavy atom. The highest BCUT2D eigenvalue weighted by atomic mass is 16.1. The molecule has 0 aliphatic rings. The summed E-state index contributed by atoms with van der Waals surface area (Å²) in [6.07, 6.45) is 1.61. The number of hydrogen-bond acceptors (Lipinski definition) is 2. The first-order chi connectivity index (χ1) is 7.09. The molecule has 80 valence electrons. The van der Waals surface area contributed by atoms with Crippen LogP contribution < -0.4 is 5.32 Å². The summed E-state index contributed by atoms with van der Waals surface area (Å²) < 4.78 is 0. The lowest BCUT2D eigenvalue weighted by molar-refractivity contribution is -0.112. The van der Waals surface area contributed by atoms with Crippen LogP contribution in [-0.4, -0.2) is 5.78 Å². The van der Waals surface area contributed by atoms with Gasteiger partial charge in [-0.3, -0.25) is 4.79 Å². The highest BCUT2D eigenvalue weighted by molar-refractivity contribution is 5.87. The van der Waals surface area contributed by atoms with Crippen molar-refractivity contribution in [3.63, 3.8) is 0 Å². The maximum atomic E-state index is 10.9. The number of rotatable bonds is 4. The van der Waals surface area contributed by atoms with Gasteiger partial charge in [-0.15, -0.1) is 0 Å². The van der Waals surface area contributed by atoms with Gasteiger partial charge in [-0.1, -0.05) is 30.3 Å². The molecule has 0 unspecified atom stereocenters. The average molecular weight is 203 g/mol. The van der Waals surface area contributed by atoms with Crippen LogP contribution >= 0.6 is 0 Å². The zero-order valence-electron chi connectivity index (χ0n) is 9.45. The molecule has 0 radical (unpaired) electrons. The normalized spacial score (nSPS) is 13.4. The molecule has 15 heavy (non-hydrogen) atoms. The van der Waals surface area contributed by atoms with Crippen molar-refractivity contribution >= 4 is 5.78 Å². The molecule has 1 aromatic carbocycles. The van der Waals surface area contributed by atoms with E-state index in [1.54, 1.807) is 13.0 Å². The zero-order chi connectivity index (χ0) is 11.3. The number of nitrogens with one attached hydrogen (secondary N) is 1. The Labute approximate surface area is 91.0 Å². The summed E-state index contributed by atoms with van der Waals surface area (Å²) in [6.45, 7) is 5.53. The maximum absolute atomic E-state index is 10.9. The van der Waals surface area contributed by atoms with Crippen LogP contribution in [0.3, 0.4) is 0 Å². The molecule has 0 saturated carbocycles. The minimum atomic E-state index is 0.0697. The third-order valence-electron chi connectivity index (χ3n) is 2.16. The Morgan fingerprint density at radius 1 is 1.27 bits per heavy atom. The molecule has 0 aromatic heterocycles. The number of carbonyl (C=O) groups is 1. The number of ketones is 1. The summed E-state index contributed by atoms with van der Waals surface area (Å²) in [5.74, 6) is 0.0697. The molecule has 1 atom stereocenters. The fourth-order valence-corrected chi connectivity index (χ4v) is 1.51. The number of hydrogen-bond donors (Lipinski definition) is 1. The van der Waals surface area contributed by atoms with Crippen LogP contribution in [0.4, 0.5) is 0 Å². The van der Waals surface area contributed by atoms with Crippen molar-refractivity contribution in [2.75, 3.05) is 0 Å². The molecule has 0 amide bonds. The van der Waals surface area contributed by atoms with Gasteiger partial charge in [0.15, 0.2) is 5.78 Å². The van der Waals surface area contributed by atoms with E-state index in [9.17, 15) is 4.79 Å². The summed E-state index contributed by atoms with van der Waals surface area (Å²) in [4.78, 5) is 10.9. The van der Waals surface area contributed by atoms with E-state index in [4.69, 9.17) is 0 Å². The van der Waals surface area contributed by atoms with Crippen molar-refractivity contribution in [2.24, 2.45) is 0 Å². The molecule has 0 fully saturated rings. The summed E-state index contributed by atoms with van der Waals surface area (Å²) in [6, 6.07) is 10.4. The molecule has 1 rings (SSSR count). The van der Waals surface area contributed by atoms with E-state index in [1.165, 1.54) is 5.56 Å². The number of benzene rings is 1. The first-order valence-corrected chi connectivity index (χ1v) is 5.10. The minimum absolute atomic E-state index is 0.0697. The number of allylic oxidation sites excluding steroid dienone is 2. The second-order valence-corrected chi connectivity index (χ2v) is 3.71. The lowest BCUT2D eigenvalue weighted by Gasteiger charge is -2.15. The summed E-state index contributed by atoms with van der Waals surface area (Å²) in [5, 5.41) is 3.27. The Balaban J connectivity index is 2.64. The van der Waals surface area contributed by atoms with Gasteiger partial charge in [0, 0.05) is 11.7 Å². The van der Waals surface area contributed by atoms with Gasteiger partial charge >= 0.3 is 0 Å². The van der Waals surface area contributed by atoms with E-state index in [2.05, 4.69) is 24.4 Å². The summed E-state index contributed by atoms with van der Waals surface area (Å²) in [5.41, 5.74) is 2.12. The van der Waals surface area contributed by atoms with Crippen LogP contribution in [0.25, 0.3) is 0 Å². The Bertz CT molecular complexity index is 354. The Hall–Kier alpha value is -1.57. The van der Waals surface area contributed by atoms with Gasteiger partial charge in [0.1, 0.15) is 0 Å². The maximum Gasteiger partial charge on any atom is 0.154 e. The van der Waals surface area contributed by atoms with E-state index >= 15 is 0 Å². The van der Waals surface area contributed by atoms with E-state index in [0.717, 1.165) is 5.70 Å². The second-order valence-electron chi connectivity index (χ2n) is 3.71. The lowest BCUT2D eigenvalue weighted by Crippen LogP contribution is -2.16. The lowest BCUT2D eigenvalue weighted by atomic mass is 10.1. The molecule has 2 nitrogen and oxygen atoms in total. The number of carbonyl (C=O) groups excluding carboxylic acids is 1. The highest BCUT2D eigenvalue weighted by Crippen LogP contribution is 2.12. The van der Waals surface area contributed by atoms with Gasteiger partial charge in [-0.25, -0.2) is 0 Å². The van der Waals surface area contributed by atoms with Crippen LogP contribution in [0.15, 0.2) is 42.1 Å². The molecular weight excluding hydrogens is 186 g/mol. The predicted octanol–water partition coefficient (Wildman–Crippen LogP) is 2.83. The highest BCUT2D eigenvalue weighted by Gasteiger charge is 2.03. The van der Waals surface area contributed by atoms with E-state index in [1.807, 2.05) is 25.1 Å². The first-order valence-electron chi connectivity index (χ1n) is 5.10. The molecule has 0 aliphatic heterocycles. The zero-order valence-corrected chi connectivity index (χ0v) is 9.45. The van der Waals surface area contributed by atoms with Crippen molar-refractivity contribution in [2.45, 2.75) is 26.8 Å². The average Bonchev–Trinajstić information content (AvgIpc) is 2.17. The van der Waals surface area contributed by atoms with Gasteiger partial charge in [0.05, 0.1) is 0 Å². The quantitative estimate of drug-likeness (QED) is 0.762. The van der Waals surface area contributed by atoms with Gasteiger partial charge in [0.2, 0.25) is 0 Å². The third-order valence-corrected chi connectivity index (χ3v) is 2.16. The molecule has 0 aliphatic carbocycles.